The highest BCUT2D eigenvalue weighted by Gasteiger charge is 2.31. The van der Waals surface area contributed by atoms with Crippen molar-refractivity contribution in [3.63, 3.8) is 0 Å². The Hall–Kier alpha value is -3.42. The molecule has 2 heterocycles. The van der Waals surface area contributed by atoms with Crippen molar-refractivity contribution in [2.24, 2.45) is 7.05 Å². The second kappa shape index (κ2) is 9.08. The molecule has 0 bridgehead atoms. The molecule has 1 saturated heterocycles. The third-order valence-corrected chi connectivity index (χ3v) is 5.97. The van der Waals surface area contributed by atoms with Crippen LogP contribution in [0.5, 0.6) is 0 Å². The molecular weight excluding hydrogens is 437 g/mol. The first-order valence-electron chi connectivity index (χ1n) is 11.5. The summed E-state index contributed by atoms with van der Waals surface area (Å²) < 4.78 is 26.6. The predicted molar refractivity (Wildman–Crippen MR) is 127 cm³/mol. The van der Waals surface area contributed by atoms with Crippen LogP contribution < -0.4 is 0 Å². The van der Waals surface area contributed by atoms with Gasteiger partial charge in [-0.25, -0.2) is 14.0 Å². The molecule has 1 fully saturated rings. The summed E-state index contributed by atoms with van der Waals surface area (Å²) in [5.41, 5.74) is 2.90. The van der Waals surface area contributed by atoms with Gasteiger partial charge in [0.1, 0.15) is 11.4 Å². The number of hydrogen-bond donors (Lipinski definition) is 0. The molecule has 1 aliphatic heterocycles. The van der Waals surface area contributed by atoms with E-state index in [0.29, 0.717) is 18.7 Å². The quantitative estimate of drug-likeness (QED) is 0.488. The number of benzene rings is 2. The Kier molecular flexibility index (Phi) is 6.34. The molecule has 0 saturated carbocycles. The summed E-state index contributed by atoms with van der Waals surface area (Å²) >= 11 is 0. The van der Waals surface area contributed by atoms with Crippen LogP contribution >= 0.6 is 0 Å². The molecule has 1 aliphatic rings. The van der Waals surface area contributed by atoms with Crippen LogP contribution in [0.2, 0.25) is 0 Å². The molecule has 0 aliphatic carbocycles. The number of carbonyl (C=O) groups is 2. The van der Waals surface area contributed by atoms with Crippen molar-refractivity contribution in [1.29, 1.82) is 0 Å². The van der Waals surface area contributed by atoms with Gasteiger partial charge in [-0.05, 0) is 75.1 Å². The number of aromatic nitrogens is 2. The number of likely N-dealkylation sites (tertiary alicyclic amines) is 1. The lowest BCUT2D eigenvalue weighted by Gasteiger charge is -2.24. The summed E-state index contributed by atoms with van der Waals surface area (Å²) in [6.45, 7) is 8.60. The number of rotatable bonds is 4. The summed E-state index contributed by atoms with van der Waals surface area (Å²) in [7, 11) is 1.86. The Labute approximate surface area is 198 Å². The summed E-state index contributed by atoms with van der Waals surface area (Å²) in [5.74, 6) is -0.984. The SMILES string of the molecule is CCOC(=O)c1cc(F)ccc1-c1cc(C2CCN(C(=O)OC(C)(C)C)C2)cc2c1cnn2C. The van der Waals surface area contributed by atoms with E-state index < -0.39 is 17.4 Å². The van der Waals surface area contributed by atoms with Gasteiger partial charge < -0.3 is 14.4 Å². The van der Waals surface area contributed by atoms with Crippen LogP contribution in [0.1, 0.15) is 56.0 Å². The minimum Gasteiger partial charge on any atom is -0.462 e. The summed E-state index contributed by atoms with van der Waals surface area (Å²) in [6, 6.07) is 8.25. The molecular formula is C26H30FN3O4. The molecule has 3 aromatic rings. The molecule has 2 aromatic carbocycles. The first kappa shape index (κ1) is 23.7. The summed E-state index contributed by atoms with van der Waals surface area (Å²) in [5, 5.41) is 5.26. The maximum absolute atomic E-state index is 14.1. The van der Waals surface area contributed by atoms with Crippen LogP contribution in [-0.4, -0.2) is 52.0 Å². The highest BCUT2D eigenvalue weighted by molar-refractivity contribution is 6.03. The second-order valence-corrected chi connectivity index (χ2v) is 9.59. The normalized spacial score (nSPS) is 16.2. The van der Waals surface area contributed by atoms with Gasteiger partial charge in [-0.1, -0.05) is 6.07 Å². The fourth-order valence-electron chi connectivity index (χ4n) is 4.38. The van der Waals surface area contributed by atoms with E-state index in [9.17, 15) is 14.0 Å². The summed E-state index contributed by atoms with van der Waals surface area (Å²) in [4.78, 5) is 26.9. The molecule has 34 heavy (non-hydrogen) atoms. The van der Waals surface area contributed by atoms with Gasteiger partial charge in [-0.15, -0.1) is 0 Å². The van der Waals surface area contributed by atoms with Gasteiger partial charge >= 0.3 is 12.1 Å². The number of halogens is 1. The average Bonchev–Trinajstić information content (AvgIpc) is 3.40. The van der Waals surface area contributed by atoms with Crippen molar-refractivity contribution in [2.45, 2.75) is 45.6 Å². The fraction of sp³-hybridized carbons (Fsp3) is 0.423. The van der Waals surface area contributed by atoms with Crippen LogP contribution in [0.25, 0.3) is 22.0 Å². The van der Waals surface area contributed by atoms with E-state index in [1.54, 1.807) is 28.8 Å². The Balaban J connectivity index is 1.76. The molecule has 0 N–H and O–H groups in total. The molecule has 1 amide bonds. The van der Waals surface area contributed by atoms with Crippen molar-refractivity contribution >= 4 is 23.0 Å². The zero-order chi connectivity index (χ0) is 24.6. The van der Waals surface area contributed by atoms with Crippen LogP contribution in [0.4, 0.5) is 9.18 Å². The molecule has 0 spiro atoms. The minimum atomic E-state index is -0.573. The number of aryl methyl sites for hydroxylation is 1. The smallest absolute Gasteiger partial charge is 0.410 e. The zero-order valence-electron chi connectivity index (χ0n) is 20.2. The van der Waals surface area contributed by atoms with Crippen LogP contribution in [-0.2, 0) is 16.5 Å². The van der Waals surface area contributed by atoms with E-state index in [1.807, 2.05) is 33.9 Å². The maximum atomic E-state index is 14.1. The Morgan fingerprint density at radius 2 is 1.94 bits per heavy atom. The summed E-state index contributed by atoms with van der Waals surface area (Å²) in [6.07, 6.45) is 2.21. The first-order valence-corrected chi connectivity index (χ1v) is 11.5. The van der Waals surface area contributed by atoms with Crippen molar-refractivity contribution in [3.05, 3.63) is 53.5 Å². The Bertz CT molecular complexity index is 1240. The van der Waals surface area contributed by atoms with Gasteiger partial charge in [0.25, 0.3) is 0 Å². The van der Waals surface area contributed by atoms with Gasteiger partial charge in [-0.2, -0.15) is 5.10 Å². The van der Waals surface area contributed by atoms with Crippen LogP contribution in [0.3, 0.4) is 0 Å². The molecule has 1 atom stereocenters. The standard InChI is InChI=1S/C26H30FN3O4/c1-6-33-24(31)21-13-18(27)7-8-19(21)20-11-17(12-23-22(20)14-28-29(23)5)16-9-10-30(15-16)25(32)34-26(2,3)4/h7-8,11-14,16H,6,9-10,15H2,1-5H3. The van der Waals surface area contributed by atoms with Crippen molar-refractivity contribution in [2.75, 3.05) is 19.7 Å². The lowest BCUT2D eigenvalue weighted by Crippen LogP contribution is -2.35. The highest BCUT2D eigenvalue weighted by atomic mass is 19.1. The topological polar surface area (TPSA) is 73.7 Å². The number of hydrogen-bond acceptors (Lipinski definition) is 5. The highest BCUT2D eigenvalue weighted by Crippen LogP contribution is 2.37. The number of carbonyl (C=O) groups excluding carboxylic acids is 2. The number of amides is 1. The molecule has 0 radical (unpaired) electrons. The van der Waals surface area contributed by atoms with E-state index >= 15 is 0 Å². The van der Waals surface area contributed by atoms with E-state index in [-0.39, 0.29) is 24.2 Å². The Morgan fingerprint density at radius 3 is 2.65 bits per heavy atom. The van der Waals surface area contributed by atoms with Crippen molar-refractivity contribution in [1.82, 2.24) is 14.7 Å². The monoisotopic (exact) mass is 467 g/mol. The number of fused-ring (bicyclic) bond motifs is 1. The third kappa shape index (κ3) is 4.76. The first-order chi connectivity index (χ1) is 16.1. The second-order valence-electron chi connectivity index (χ2n) is 9.59. The number of nitrogens with zero attached hydrogens (tertiary/aromatic N) is 3. The fourth-order valence-corrected chi connectivity index (χ4v) is 4.38. The minimum absolute atomic E-state index is 0.0945. The number of ether oxygens (including phenoxy) is 2. The molecule has 180 valence electrons. The molecule has 1 unspecified atom stereocenters. The largest absolute Gasteiger partial charge is 0.462 e. The van der Waals surface area contributed by atoms with Crippen molar-refractivity contribution < 1.29 is 23.5 Å². The maximum Gasteiger partial charge on any atom is 0.410 e. The molecule has 1 aromatic heterocycles. The average molecular weight is 468 g/mol. The Morgan fingerprint density at radius 1 is 1.18 bits per heavy atom. The van der Waals surface area contributed by atoms with Crippen LogP contribution in [0.15, 0.2) is 36.5 Å². The van der Waals surface area contributed by atoms with E-state index in [2.05, 4.69) is 11.2 Å². The molecule has 7 nitrogen and oxygen atoms in total. The van der Waals surface area contributed by atoms with Gasteiger partial charge in [-0.3, -0.25) is 4.68 Å². The third-order valence-electron chi connectivity index (χ3n) is 5.97. The van der Waals surface area contributed by atoms with Gasteiger partial charge in [0, 0.05) is 31.4 Å². The van der Waals surface area contributed by atoms with E-state index in [0.717, 1.165) is 28.5 Å². The molecule has 8 heteroatoms. The van der Waals surface area contributed by atoms with Crippen molar-refractivity contribution in [3.8, 4) is 11.1 Å². The van der Waals surface area contributed by atoms with E-state index in [1.165, 1.54) is 12.1 Å². The lowest BCUT2D eigenvalue weighted by molar-refractivity contribution is 0.0292. The van der Waals surface area contributed by atoms with E-state index in [4.69, 9.17) is 9.47 Å². The lowest BCUT2D eigenvalue weighted by atomic mass is 9.90. The number of esters is 1. The van der Waals surface area contributed by atoms with Gasteiger partial charge in [0.15, 0.2) is 0 Å². The van der Waals surface area contributed by atoms with Crippen LogP contribution in [0, 0.1) is 5.82 Å². The molecule has 4 rings (SSSR count). The van der Waals surface area contributed by atoms with Gasteiger partial charge in [0.2, 0.25) is 0 Å². The zero-order valence-corrected chi connectivity index (χ0v) is 20.2. The van der Waals surface area contributed by atoms with Gasteiger partial charge in [0.05, 0.1) is 23.9 Å². The predicted octanol–water partition coefficient (Wildman–Crippen LogP) is 5.28.